The van der Waals surface area contributed by atoms with Crippen LogP contribution in [0.5, 0.6) is 5.75 Å². The minimum absolute atomic E-state index is 0.0975. The molecule has 2 heterocycles. The fraction of sp³-hybridized carbons (Fsp3) is 0.650. The van der Waals surface area contributed by atoms with E-state index in [1.54, 1.807) is 6.92 Å². The SMILES string of the molecule is Cc1ccc(OC(C)C(=O)NCC(C2CCOC2)N2CCOCC2)c(Br)c1. The minimum Gasteiger partial charge on any atom is -0.480 e. The van der Waals surface area contributed by atoms with Crippen molar-refractivity contribution in [1.29, 1.82) is 0 Å². The Morgan fingerprint density at radius 2 is 2.11 bits per heavy atom. The van der Waals surface area contributed by atoms with E-state index in [0.29, 0.717) is 18.2 Å². The molecule has 1 N–H and O–H groups in total. The van der Waals surface area contributed by atoms with Crippen LogP contribution >= 0.6 is 15.9 Å². The Bertz CT molecular complexity index is 630. The summed E-state index contributed by atoms with van der Waals surface area (Å²) in [5.74, 6) is 1.03. The molecule has 3 unspecified atom stereocenters. The van der Waals surface area contributed by atoms with E-state index in [0.717, 1.165) is 56.0 Å². The first kappa shape index (κ1) is 20.6. The van der Waals surface area contributed by atoms with E-state index in [4.69, 9.17) is 14.2 Å². The van der Waals surface area contributed by atoms with Crippen molar-refractivity contribution in [3.63, 3.8) is 0 Å². The van der Waals surface area contributed by atoms with Crippen LogP contribution in [-0.2, 0) is 14.3 Å². The molecule has 1 aromatic rings. The van der Waals surface area contributed by atoms with Gasteiger partial charge in [-0.05, 0) is 53.9 Å². The first-order chi connectivity index (χ1) is 13.0. The topological polar surface area (TPSA) is 60.0 Å². The van der Waals surface area contributed by atoms with Crippen LogP contribution in [0.15, 0.2) is 22.7 Å². The highest BCUT2D eigenvalue weighted by molar-refractivity contribution is 9.10. The molecule has 2 aliphatic heterocycles. The summed E-state index contributed by atoms with van der Waals surface area (Å²) in [5.41, 5.74) is 1.14. The number of hydrogen-bond donors (Lipinski definition) is 1. The number of carbonyl (C=O) groups excluding carboxylic acids is 1. The van der Waals surface area contributed by atoms with Crippen molar-refractivity contribution in [2.45, 2.75) is 32.4 Å². The second kappa shape index (κ2) is 9.87. The van der Waals surface area contributed by atoms with Crippen molar-refractivity contribution < 1.29 is 19.0 Å². The maximum absolute atomic E-state index is 12.6. The van der Waals surface area contributed by atoms with Gasteiger partial charge in [0.15, 0.2) is 6.10 Å². The Balaban J connectivity index is 1.55. The summed E-state index contributed by atoms with van der Waals surface area (Å²) < 4.78 is 17.8. The maximum atomic E-state index is 12.6. The van der Waals surface area contributed by atoms with Crippen LogP contribution in [0.25, 0.3) is 0 Å². The Labute approximate surface area is 169 Å². The second-order valence-electron chi connectivity index (χ2n) is 7.28. The fourth-order valence-electron chi connectivity index (χ4n) is 3.65. The lowest BCUT2D eigenvalue weighted by atomic mass is 9.97. The summed E-state index contributed by atoms with van der Waals surface area (Å²) in [6.45, 7) is 9.28. The predicted octanol–water partition coefficient (Wildman–Crippen LogP) is 2.38. The largest absolute Gasteiger partial charge is 0.480 e. The summed E-state index contributed by atoms with van der Waals surface area (Å²) in [4.78, 5) is 15.0. The molecule has 2 aliphatic rings. The Morgan fingerprint density at radius 3 is 2.78 bits per heavy atom. The van der Waals surface area contributed by atoms with Crippen LogP contribution in [0.4, 0.5) is 0 Å². The van der Waals surface area contributed by atoms with Crippen LogP contribution in [-0.4, -0.2) is 69.0 Å². The van der Waals surface area contributed by atoms with Crippen LogP contribution < -0.4 is 10.1 Å². The number of halogens is 1. The monoisotopic (exact) mass is 440 g/mol. The van der Waals surface area contributed by atoms with E-state index in [9.17, 15) is 4.79 Å². The Kier molecular flexibility index (Phi) is 7.52. The first-order valence-corrected chi connectivity index (χ1v) is 10.4. The quantitative estimate of drug-likeness (QED) is 0.704. The highest BCUT2D eigenvalue weighted by Crippen LogP contribution is 2.27. The standard InChI is InChI=1S/C20H29BrN2O4/c1-14-3-4-19(17(21)11-14)27-15(2)20(24)22-12-18(16-5-8-26-13-16)23-6-9-25-10-7-23/h3-4,11,15-16,18H,5-10,12-13H2,1-2H3,(H,22,24). The van der Waals surface area contributed by atoms with Gasteiger partial charge in [0.1, 0.15) is 5.75 Å². The fourth-order valence-corrected chi connectivity index (χ4v) is 4.24. The molecule has 2 fully saturated rings. The number of nitrogens with one attached hydrogen (secondary N) is 1. The van der Waals surface area contributed by atoms with Crippen molar-refractivity contribution in [2.24, 2.45) is 5.92 Å². The third kappa shape index (κ3) is 5.67. The molecule has 0 spiro atoms. The van der Waals surface area contributed by atoms with Gasteiger partial charge in [0.05, 0.1) is 24.3 Å². The van der Waals surface area contributed by atoms with Crippen molar-refractivity contribution >= 4 is 21.8 Å². The number of morpholine rings is 1. The molecule has 0 bridgehead atoms. The number of ether oxygens (including phenoxy) is 3. The second-order valence-corrected chi connectivity index (χ2v) is 8.13. The summed E-state index contributed by atoms with van der Waals surface area (Å²) in [6, 6.07) is 6.11. The van der Waals surface area contributed by atoms with Gasteiger partial charge in [0.25, 0.3) is 5.91 Å². The number of nitrogens with zero attached hydrogens (tertiary/aromatic N) is 1. The van der Waals surface area contributed by atoms with Crippen molar-refractivity contribution in [3.8, 4) is 5.75 Å². The zero-order chi connectivity index (χ0) is 19.2. The van der Waals surface area contributed by atoms with E-state index >= 15 is 0 Å². The van der Waals surface area contributed by atoms with E-state index in [-0.39, 0.29) is 11.9 Å². The van der Waals surface area contributed by atoms with E-state index in [1.807, 2.05) is 25.1 Å². The molecule has 1 aromatic carbocycles. The van der Waals surface area contributed by atoms with Crippen LogP contribution in [0.1, 0.15) is 18.9 Å². The lowest BCUT2D eigenvalue weighted by Gasteiger charge is -2.37. The van der Waals surface area contributed by atoms with Gasteiger partial charge >= 0.3 is 0 Å². The molecule has 3 rings (SSSR count). The molecule has 2 saturated heterocycles. The van der Waals surface area contributed by atoms with Gasteiger partial charge in [0.2, 0.25) is 0 Å². The van der Waals surface area contributed by atoms with E-state index in [1.165, 1.54) is 0 Å². The molecule has 0 saturated carbocycles. The molecule has 0 aliphatic carbocycles. The van der Waals surface area contributed by atoms with Crippen LogP contribution in [0.2, 0.25) is 0 Å². The van der Waals surface area contributed by atoms with Gasteiger partial charge in [-0.2, -0.15) is 0 Å². The van der Waals surface area contributed by atoms with Crippen LogP contribution in [0.3, 0.4) is 0 Å². The number of amides is 1. The number of hydrogen-bond acceptors (Lipinski definition) is 5. The number of aryl methyl sites for hydroxylation is 1. The number of rotatable bonds is 7. The number of carbonyl (C=O) groups is 1. The highest BCUT2D eigenvalue weighted by Gasteiger charge is 2.32. The van der Waals surface area contributed by atoms with Crippen molar-refractivity contribution in [3.05, 3.63) is 28.2 Å². The summed E-state index contributed by atoms with van der Waals surface area (Å²) in [6.07, 6.45) is 0.481. The molecule has 7 heteroatoms. The highest BCUT2D eigenvalue weighted by atomic mass is 79.9. The van der Waals surface area contributed by atoms with E-state index in [2.05, 4.69) is 26.1 Å². The first-order valence-electron chi connectivity index (χ1n) is 9.64. The Hall–Kier alpha value is -1.15. The molecular formula is C20H29BrN2O4. The third-order valence-corrected chi connectivity index (χ3v) is 5.89. The Morgan fingerprint density at radius 1 is 1.33 bits per heavy atom. The van der Waals surface area contributed by atoms with Gasteiger partial charge in [0, 0.05) is 38.2 Å². The zero-order valence-electron chi connectivity index (χ0n) is 16.1. The molecular weight excluding hydrogens is 412 g/mol. The van der Waals surface area contributed by atoms with Crippen LogP contribution in [0, 0.1) is 12.8 Å². The molecule has 27 heavy (non-hydrogen) atoms. The molecule has 150 valence electrons. The average molecular weight is 441 g/mol. The number of benzene rings is 1. The summed E-state index contributed by atoms with van der Waals surface area (Å²) >= 11 is 3.49. The van der Waals surface area contributed by atoms with Crippen molar-refractivity contribution in [2.75, 3.05) is 46.1 Å². The summed E-state index contributed by atoms with van der Waals surface area (Å²) in [7, 11) is 0. The predicted molar refractivity (Wildman–Crippen MR) is 107 cm³/mol. The zero-order valence-corrected chi connectivity index (χ0v) is 17.7. The van der Waals surface area contributed by atoms with Gasteiger partial charge in [-0.25, -0.2) is 0 Å². The van der Waals surface area contributed by atoms with E-state index < -0.39 is 6.10 Å². The molecule has 0 aromatic heterocycles. The van der Waals surface area contributed by atoms with Crippen molar-refractivity contribution in [1.82, 2.24) is 10.2 Å². The lowest BCUT2D eigenvalue weighted by molar-refractivity contribution is -0.127. The molecule has 3 atom stereocenters. The normalized spacial score (nSPS) is 23.0. The minimum atomic E-state index is -0.561. The van der Waals surface area contributed by atoms with Gasteiger partial charge < -0.3 is 19.5 Å². The summed E-state index contributed by atoms with van der Waals surface area (Å²) in [5, 5.41) is 3.09. The maximum Gasteiger partial charge on any atom is 0.260 e. The molecule has 1 amide bonds. The molecule has 6 nitrogen and oxygen atoms in total. The third-order valence-electron chi connectivity index (χ3n) is 5.27. The smallest absolute Gasteiger partial charge is 0.260 e. The van der Waals surface area contributed by atoms with Gasteiger partial charge in [-0.3, -0.25) is 9.69 Å². The average Bonchev–Trinajstić information content (AvgIpc) is 3.19. The van der Waals surface area contributed by atoms with Gasteiger partial charge in [-0.1, -0.05) is 6.07 Å². The lowest BCUT2D eigenvalue weighted by Crippen LogP contribution is -2.53. The molecule has 0 radical (unpaired) electrons. The van der Waals surface area contributed by atoms with Gasteiger partial charge in [-0.15, -0.1) is 0 Å².